The summed E-state index contributed by atoms with van der Waals surface area (Å²) in [5.41, 5.74) is 2.10. The van der Waals surface area contributed by atoms with Gasteiger partial charge in [0, 0.05) is 25.2 Å². The number of carbonyl (C=O) groups is 3. The number of carbonyl (C=O) groups excluding carboxylic acids is 3. The first-order chi connectivity index (χ1) is 18.2. The Hall–Kier alpha value is -3.17. The number of rotatable bonds is 1. The van der Waals surface area contributed by atoms with Gasteiger partial charge in [0.15, 0.2) is 0 Å². The quantitative estimate of drug-likeness (QED) is 0.511. The molecule has 0 saturated heterocycles. The lowest BCUT2D eigenvalue weighted by Crippen LogP contribution is -2.50. The van der Waals surface area contributed by atoms with Crippen LogP contribution in [0, 0.1) is 18.7 Å². The van der Waals surface area contributed by atoms with Gasteiger partial charge in [-0.15, -0.1) is 0 Å². The van der Waals surface area contributed by atoms with Crippen molar-refractivity contribution in [1.29, 1.82) is 0 Å². The third-order valence-electron chi connectivity index (χ3n) is 6.27. The Kier molecular flexibility index (Phi) is 11.4. The van der Waals surface area contributed by atoms with E-state index < -0.39 is 0 Å². The molecule has 1 atom stereocenters. The maximum absolute atomic E-state index is 12.8. The molecule has 10 heteroatoms. The van der Waals surface area contributed by atoms with Gasteiger partial charge >= 0.3 is 0 Å². The number of hydrogen-bond acceptors (Lipinski definition) is 5. The number of hydrogen-bond donors (Lipinski definition) is 3. The normalized spacial score (nSPS) is 19.9. The molecule has 1 heterocycles. The van der Waals surface area contributed by atoms with Crippen molar-refractivity contribution in [2.45, 2.75) is 38.6 Å². The van der Waals surface area contributed by atoms with Gasteiger partial charge in [0.1, 0.15) is 18.2 Å². The molecule has 0 radical (unpaired) electrons. The van der Waals surface area contributed by atoms with Crippen LogP contribution in [0.25, 0.3) is 0 Å². The van der Waals surface area contributed by atoms with Gasteiger partial charge < -0.3 is 25.6 Å². The number of nitrogens with zero attached hydrogens (tertiary/aromatic N) is 1. The van der Waals surface area contributed by atoms with E-state index in [1.165, 1.54) is 17.0 Å². The van der Waals surface area contributed by atoms with Crippen LogP contribution in [0.15, 0.2) is 42.5 Å². The van der Waals surface area contributed by atoms with Crippen molar-refractivity contribution in [3.63, 3.8) is 0 Å². The summed E-state index contributed by atoms with van der Waals surface area (Å²) in [7, 11) is 1.60. The predicted molar refractivity (Wildman–Crippen MR) is 145 cm³/mol. The van der Waals surface area contributed by atoms with Gasteiger partial charge in [-0.1, -0.05) is 35.4 Å². The van der Waals surface area contributed by atoms with Gasteiger partial charge in [0.2, 0.25) is 17.7 Å². The zero-order valence-corrected chi connectivity index (χ0v) is 22.7. The van der Waals surface area contributed by atoms with Crippen molar-refractivity contribution in [2.75, 3.05) is 39.8 Å². The van der Waals surface area contributed by atoms with Crippen LogP contribution in [0.1, 0.15) is 30.4 Å². The Balaban J connectivity index is 0.000000427. The first kappa shape index (κ1) is 29.4. The summed E-state index contributed by atoms with van der Waals surface area (Å²) in [5.74, 6) is 0.0863. The Bertz CT molecular complexity index is 1070. The Morgan fingerprint density at radius 2 is 1.74 bits per heavy atom. The second-order valence-corrected chi connectivity index (χ2v) is 10.0. The van der Waals surface area contributed by atoms with Crippen LogP contribution in [0.2, 0.25) is 5.02 Å². The minimum absolute atomic E-state index is 0.0839. The third kappa shape index (κ3) is 9.95. The Morgan fingerprint density at radius 1 is 1.00 bits per heavy atom. The molecule has 0 aromatic heterocycles. The first-order valence-corrected chi connectivity index (χ1v) is 13.3. The number of aryl methyl sites for hydroxylation is 2. The molecule has 0 bridgehead atoms. The molecule has 2 aromatic carbocycles. The van der Waals surface area contributed by atoms with Gasteiger partial charge in [-0.05, 0) is 68.4 Å². The largest absolute Gasteiger partial charge is 0.492 e. The van der Waals surface area contributed by atoms with E-state index in [9.17, 15) is 18.8 Å². The van der Waals surface area contributed by atoms with Gasteiger partial charge in [-0.3, -0.25) is 14.4 Å². The molecule has 1 saturated carbocycles. The molecule has 4 rings (SSSR count). The lowest BCUT2D eigenvalue weighted by molar-refractivity contribution is -0.137. The van der Waals surface area contributed by atoms with Crippen molar-refractivity contribution in [3.8, 4) is 5.75 Å². The van der Waals surface area contributed by atoms with Crippen LogP contribution in [0.4, 0.5) is 4.39 Å². The van der Waals surface area contributed by atoms with Crippen molar-refractivity contribution in [2.24, 2.45) is 5.92 Å². The topological polar surface area (TPSA) is 99.8 Å². The van der Waals surface area contributed by atoms with Gasteiger partial charge in [-0.2, -0.15) is 0 Å². The van der Waals surface area contributed by atoms with Crippen molar-refractivity contribution < 1.29 is 23.5 Å². The van der Waals surface area contributed by atoms with Gasteiger partial charge in [0.25, 0.3) is 0 Å². The molecule has 1 fully saturated rings. The summed E-state index contributed by atoms with van der Waals surface area (Å²) in [6, 6.07) is 11.6. The SMILES string of the molecule is CN1CC(=O)NCC(=O)NCCCc2ccc(Cl)cc2OCCNC(C2CC2)C1=O.Cc1ccc(F)cc1. The number of amides is 3. The minimum Gasteiger partial charge on any atom is -0.492 e. The van der Waals surface area contributed by atoms with Crippen LogP contribution < -0.4 is 20.7 Å². The second kappa shape index (κ2) is 14.7. The van der Waals surface area contributed by atoms with Crippen LogP contribution in [-0.4, -0.2) is 68.5 Å². The Morgan fingerprint density at radius 3 is 2.42 bits per heavy atom. The van der Waals surface area contributed by atoms with E-state index in [1.54, 1.807) is 25.2 Å². The van der Waals surface area contributed by atoms with Crippen molar-refractivity contribution in [1.82, 2.24) is 20.9 Å². The molecule has 38 heavy (non-hydrogen) atoms. The number of benzene rings is 2. The highest BCUT2D eigenvalue weighted by atomic mass is 35.5. The number of ether oxygens (including phenoxy) is 1. The summed E-state index contributed by atoms with van der Waals surface area (Å²) in [4.78, 5) is 38.3. The van der Waals surface area contributed by atoms with Crippen LogP contribution >= 0.6 is 11.6 Å². The van der Waals surface area contributed by atoms with E-state index in [4.69, 9.17) is 16.3 Å². The molecule has 0 spiro atoms. The first-order valence-electron chi connectivity index (χ1n) is 12.9. The molecule has 2 aromatic rings. The van der Waals surface area contributed by atoms with E-state index in [0.717, 1.165) is 42.6 Å². The Labute approximate surface area is 228 Å². The highest BCUT2D eigenvalue weighted by molar-refractivity contribution is 6.30. The summed E-state index contributed by atoms with van der Waals surface area (Å²) < 4.78 is 18.0. The average Bonchev–Trinajstić information content (AvgIpc) is 3.73. The van der Waals surface area contributed by atoms with E-state index in [2.05, 4.69) is 16.0 Å². The summed E-state index contributed by atoms with van der Waals surface area (Å²) in [5, 5.41) is 9.24. The zero-order chi connectivity index (χ0) is 27.5. The lowest BCUT2D eigenvalue weighted by atomic mass is 10.1. The third-order valence-corrected chi connectivity index (χ3v) is 6.51. The van der Waals surface area contributed by atoms with Crippen LogP contribution in [-0.2, 0) is 20.8 Å². The number of likely N-dealkylation sites (N-methyl/N-ethyl adjacent to an activating group) is 1. The molecule has 8 nitrogen and oxygen atoms in total. The highest BCUT2D eigenvalue weighted by Crippen LogP contribution is 2.33. The highest BCUT2D eigenvalue weighted by Gasteiger charge is 2.37. The molecule has 2 aliphatic rings. The molecule has 1 aliphatic carbocycles. The molecule has 3 amide bonds. The molecule has 1 unspecified atom stereocenters. The maximum Gasteiger partial charge on any atom is 0.240 e. The fourth-order valence-corrected chi connectivity index (χ4v) is 4.16. The molecule has 206 valence electrons. The van der Waals surface area contributed by atoms with Gasteiger partial charge in [-0.25, -0.2) is 4.39 Å². The fraction of sp³-hybridized carbons (Fsp3) is 0.464. The molecular weight excluding hydrogens is 511 g/mol. The lowest BCUT2D eigenvalue weighted by Gasteiger charge is -2.24. The summed E-state index contributed by atoms with van der Waals surface area (Å²) >= 11 is 6.12. The van der Waals surface area contributed by atoms with Gasteiger partial charge in [0.05, 0.1) is 19.1 Å². The molecular formula is C28H36ClFN4O4. The fourth-order valence-electron chi connectivity index (χ4n) is 4.00. The second-order valence-electron chi connectivity index (χ2n) is 9.59. The van der Waals surface area contributed by atoms with E-state index >= 15 is 0 Å². The number of fused-ring (bicyclic) bond motifs is 1. The zero-order valence-electron chi connectivity index (χ0n) is 21.9. The van der Waals surface area contributed by atoms with Crippen molar-refractivity contribution >= 4 is 29.3 Å². The standard InChI is InChI=1S/C21H29ClN4O4.C7H7F/c1-26-13-19(28)25-12-18(27)23-8-2-3-14-6-7-16(22)11-17(14)30-10-9-24-20(21(26)29)15-4-5-15;1-6-2-4-7(8)5-3-6/h6-7,11,15,20,24H,2-5,8-10,12-13H2,1H3,(H,23,27)(H,25,28);2-5H,1H3. The predicted octanol–water partition coefficient (Wildman–Crippen LogP) is 2.86. The smallest absolute Gasteiger partial charge is 0.240 e. The molecule has 3 N–H and O–H groups in total. The minimum atomic E-state index is -0.356. The van der Waals surface area contributed by atoms with E-state index in [0.29, 0.717) is 24.7 Å². The average molecular weight is 547 g/mol. The maximum atomic E-state index is 12.8. The van der Waals surface area contributed by atoms with Crippen molar-refractivity contribution in [3.05, 3.63) is 64.4 Å². The number of halogens is 2. The monoisotopic (exact) mass is 546 g/mol. The van der Waals surface area contributed by atoms with E-state index in [-0.39, 0.29) is 48.6 Å². The number of nitrogens with one attached hydrogen (secondary N) is 3. The molecule has 1 aliphatic heterocycles. The summed E-state index contributed by atoms with van der Waals surface area (Å²) in [6.45, 7) is 3.12. The van der Waals surface area contributed by atoms with Crippen LogP contribution in [0.5, 0.6) is 5.75 Å². The summed E-state index contributed by atoms with van der Waals surface area (Å²) in [6.07, 6.45) is 3.43. The van der Waals surface area contributed by atoms with E-state index in [1.807, 2.05) is 19.1 Å². The van der Waals surface area contributed by atoms with Crippen LogP contribution in [0.3, 0.4) is 0 Å².